The minimum Gasteiger partial charge on any atom is -0.463 e. The Labute approximate surface area is 265 Å². The second kappa shape index (κ2) is 30.5. The maximum absolute atomic E-state index is 11.9. The summed E-state index contributed by atoms with van der Waals surface area (Å²) in [6, 6.07) is 0. The molecule has 0 aliphatic heterocycles. The highest BCUT2D eigenvalue weighted by Crippen LogP contribution is 2.42. The molecule has 0 aromatic heterocycles. The Morgan fingerprint density at radius 1 is 0.727 bits per heavy atom. The van der Waals surface area contributed by atoms with E-state index in [0.717, 1.165) is 64.2 Å². The van der Waals surface area contributed by atoms with Crippen LogP contribution in [0, 0.1) is 0 Å². The topological polar surface area (TPSA) is 131 Å². The molecule has 2 atom stereocenters. The first kappa shape index (κ1) is 41.4. The van der Waals surface area contributed by atoms with Crippen LogP contribution in [0.15, 0.2) is 72.9 Å². The van der Waals surface area contributed by atoms with Crippen LogP contribution in [0.2, 0.25) is 0 Å². The van der Waals surface area contributed by atoms with Crippen molar-refractivity contribution < 1.29 is 37.9 Å². The van der Waals surface area contributed by atoms with Gasteiger partial charge in [-0.1, -0.05) is 106 Å². The lowest BCUT2D eigenvalue weighted by atomic mass is 10.1. The van der Waals surface area contributed by atoms with Gasteiger partial charge < -0.3 is 20.1 Å². The Morgan fingerprint density at radius 3 is 1.82 bits per heavy atom. The van der Waals surface area contributed by atoms with Crippen molar-refractivity contribution in [3.05, 3.63) is 72.9 Å². The molecule has 0 fully saturated rings. The molecule has 2 unspecified atom stereocenters. The van der Waals surface area contributed by atoms with Crippen molar-refractivity contribution in [2.45, 2.75) is 103 Å². The highest BCUT2D eigenvalue weighted by atomic mass is 31.2. The fourth-order valence-corrected chi connectivity index (χ4v) is 4.28. The summed E-state index contributed by atoms with van der Waals surface area (Å²) < 4.78 is 26.4. The Kier molecular flexibility index (Phi) is 28.7. The summed E-state index contributed by atoms with van der Waals surface area (Å²) in [7, 11) is -4.41. The number of rotatable bonds is 28. The molecule has 0 heterocycles. The first-order valence-corrected chi connectivity index (χ1v) is 17.4. The molecule has 0 aromatic rings. The zero-order valence-electron chi connectivity index (χ0n) is 26.8. The van der Waals surface area contributed by atoms with E-state index in [1.165, 1.54) is 0 Å². The molecule has 0 rings (SSSR count). The molecule has 0 saturated carbocycles. The molecule has 0 aliphatic carbocycles. The number of hydrogen-bond acceptors (Lipinski definition) is 7. The Balaban J connectivity index is 3.81. The average Bonchev–Trinajstić information content (AvgIpc) is 3.00. The normalized spacial score (nSPS) is 14.5. The van der Waals surface area contributed by atoms with Crippen LogP contribution in [0.3, 0.4) is 0 Å². The van der Waals surface area contributed by atoms with E-state index in [4.69, 9.17) is 13.8 Å². The first-order chi connectivity index (χ1) is 21.3. The molecule has 0 aromatic carbocycles. The smallest absolute Gasteiger partial charge is 0.463 e. The molecule has 0 bridgehead atoms. The number of phosphoric acid groups is 1. The second-order valence-electron chi connectivity index (χ2n) is 10.0. The van der Waals surface area contributed by atoms with E-state index in [1.807, 2.05) is 12.2 Å². The van der Waals surface area contributed by atoms with Crippen molar-refractivity contribution >= 4 is 19.7 Å². The maximum Gasteiger partial charge on any atom is 0.472 e. The van der Waals surface area contributed by atoms with Crippen LogP contribution in [-0.4, -0.2) is 54.3 Å². The Hall–Kier alpha value is -2.55. The number of hydrogen-bond donors (Lipinski definition) is 3. The van der Waals surface area contributed by atoms with Gasteiger partial charge >= 0.3 is 13.8 Å². The predicted molar refractivity (Wildman–Crippen MR) is 178 cm³/mol. The fraction of sp³-hybridized carbons (Fsp3) is 0.588. The Bertz CT molecular complexity index is 955. The molecule has 0 spiro atoms. The summed E-state index contributed by atoms with van der Waals surface area (Å²) in [4.78, 5) is 33.2. The van der Waals surface area contributed by atoms with E-state index < -0.39 is 26.5 Å². The standard InChI is InChI=1S/C34H56NO8P/c1-3-5-7-9-10-11-12-13-14-15-16-17-18-19-20-21-22-23-25-27-34(38)41-30-32(36)31-43-44(39,40)42-29-28-35-33(37)26-24-8-6-4-2/h5,7,10-11,13-14,16-17,19-20,22-23,32,36H,3-4,6,8-9,12,15,18,21,24-31H2,1-2H3,(H,35,37)(H,39,40)/b7-5-,11-10-,14-13-,17-16-,20-19-,23-22-. The van der Waals surface area contributed by atoms with Crippen LogP contribution in [0.4, 0.5) is 0 Å². The maximum atomic E-state index is 11.9. The molecule has 0 aliphatic rings. The number of allylic oxidation sites excluding steroid dienone is 12. The number of phosphoric ester groups is 1. The van der Waals surface area contributed by atoms with Gasteiger partial charge in [0.1, 0.15) is 12.7 Å². The molecule has 9 nitrogen and oxygen atoms in total. The van der Waals surface area contributed by atoms with Gasteiger partial charge in [-0.3, -0.25) is 18.6 Å². The number of amides is 1. The summed E-state index contributed by atoms with van der Waals surface area (Å²) in [6.45, 7) is 3.17. The molecule has 10 heteroatoms. The summed E-state index contributed by atoms with van der Waals surface area (Å²) in [6.07, 6.45) is 34.7. The van der Waals surface area contributed by atoms with Gasteiger partial charge in [0.2, 0.25) is 5.91 Å². The molecular formula is C34H56NO8P. The third-order valence-electron chi connectivity index (χ3n) is 5.91. The predicted octanol–water partition coefficient (Wildman–Crippen LogP) is 7.59. The first-order valence-electron chi connectivity index (χ1n) is 15.9. The number of carbonyl (C=O) groups excluding carboxylic acids is 2. The van der Waals surface area contributed by atoms with Gasteiger partial charge in [-0.15, -0.1) is 0 Å². The lowest BCUT2D eigenvalue weighted by molar-refractivity contribution is -0.147. The molecule has 250 valence electrons. The van der Waals surface area contributed by atoms with Crippen molar-refractivity contribution in [1.29, 1.82) is 0 Å². The monoisotopic (exact) mass is 637 g/mol. The number of aliphatic hydroxyl groups is 1. The van der Waals surface area contributed by atoms with E-state index in [9.17, 15) is 24.2 Å². The van der Waals surface area contributed by atoms with Crippen LogP contribution in [0.25, 0.3) is 0 Å². The number of aliphatic hydroxyl groups excluding tert-OH is 1. The summed E-state index contributed by atoms with van der Waals surface area (Å²) >= 11 is 0. The third kappa shape index (κ3) is 30.9. The van der Waals surface area contributed by atoms with Crippen molar-refractivity contribution in [3.63, 3.8) is 0 Å². The molecule has 44 heavy (non-hydrogen) atoms. The summed E-state index contributed by atoms with van der Waals surface area (Å²) in [5, 5.41) is 12.5. The molecule has 0 saturated heterocycles. The van der Waals surface area contributed by atoms with Gasteiger partial charge in [0, 0.05) is 19.4 Å². The van der Waals surface area contributed by atoms with Gasteiger partial charge in [0.15, 0.2) is 0 Å². The van der Waals surface area contributed by atoms with Gasteiger partial charge in [-0.2, -0.15) is 0 Å². The zero-order chi connectivity index (χ0) is 32.6. The van der Waals surface area contributed by atoms with Crippen molar-refractivity contribution in [1.82, 2.24) is 5.32 Å². The molecule has 3 N–H and O–H groups in total. The average molecular weight is 638 g/mol. The quantitative estimate of drug-likeness (QED) is 0.0346. The summed E-state index contributed by atoms with van der Waals surface area (Å²) in [5.41, 5.74) is 0. The number of nitrogens with one attached hydrogen (secondary N) is 1. The molecule has 0 radical (unpaired) electrons. The van der Waals surface area contributed by atoms with E-state index in [1.54, 1.807) is 0 Å². The van der Waals surface area contributed by atoms with Crippen LogP contribution < -0.4 is 5.32 Å². The van der Waals surface area contributed by atoms with Crippen molar-refractivity contribution in [2.75, 3.05) is 26.4 Å². The zero-order valence-corrected chi connectivity index (χ0v) is 27.7. The van der Waals surface area contributed by atoms with E-state index in [-0.39, 0.29) is 32.1 Å². The lowest BCUT2D eigenvalue weighted by Gasteiger charge is -2.15. The second-order valence-corrected chi connectivity index (χ2v) is 11.5. The van der Waals surface area contributed by atoms with Gasteiger partial charge in [0.25, 0.3) is 0 Å². The number of esters is 1. The molecular weight excluding hydrogens is 581 g/mol. The van der Waals surface area contributed by atoms with Crippen molar-refractivity contribution in [2.24, 2.45) is 0 Å². The minimum absolute atomic E-state index is 0.0669. The van der Waals surface area contributed by atoms with Gasteiger partial charge in [0.05, 0.1) is 13.2 Å². The number of ether oxygens (including phenoxy) is 1. The van der Waals surface area contributed by atoms with Crippen molar-refractivity contribution in [3.8, 4) is 0 Å². The molecule has 1 amide bonds. The lowest BCUT2D eigenvalue weighted by Crippen LogP contribution is -2.27. The van der Waals surface area contributed by atoms with E-state index >= 15 is 0 Å². The van der Waals surface area contributed by atoms with Gasteiger partial charge in [-0.25, -0.2) is 4.57 Å². The SMILES string of the molecule is CC/C=C\C/C=C\C/C=C\C/C=C\C/C=C\C/C=C\CCC(=O)OCC(O)COP(=O)(O)OCCNC(=O)CCCCCC. The largest absolute Gasteiger partial charge is 0.472 e. The van der Waals surface area contributed by atoms with Crippen LogP contribution in [0.5, 0.6) is 0 Å². The number of carbonyl (C=O) groups is 2. The van der Waals surface area contributed by atoms with Crippen LogP contribution >= 0.6 is 7.82 Å². The highest BCUT2D eigenvalue weighted by molar-refractivity contribution is 7.47. The third-order valence-corrected chi connectivity index (χ3v) is 6.90. The van der Waals surface area contributed by atoms with Crippen LogP contribution in [0.1, 0.15) is 97.3 Å². The Morgan fingerprint density at radius 2 is 1.27 bits per heavy atom. The van der Waals surface area contributed by atoms with Gasteiger partial charge in [-0.05, 0) is 51.4 Å². The summed E-state index contributed by atoms with van der Waals surface area (Å²) in [5.74, 6) is -0.631. The fourth-order valence-electron chi connectivity index (χ4n) is 3.52. The minimum atomic E-state index is -4.41. The van der Waals surface area contributed by atoms with Crippen LogP contribution in [-0.2, 0) is 27.9 Å². The van der Waals surface area contributed by atoms with E-state index in [2.05, 4.69) is 79.9 Å². The van der Waals surface area contributed by atoms with E-state index in [0.29, 0.717) is 12.8 Å². The number of unbranched alkanes of at least 4 members (excludes halogenated alkanes) is 3. The highest BCUT2D eigenvalue weighted by Gasteiger charge is 2.23.